The van der Waals surface area contributed by atoms with Crippen molar-refractivity contribution in [1.82, 2.24) is 4.98 Å². The average molecular weight is 290 g/mol. The molecule has 0 unspecified atom stereocenters. The second-order valence-electron chi connectivity index (χ2n) is 5.77. The first kappa shape index (κ1) is 15.8. The Labute approximate surface area is 126 Å². The van der Waals surface area contributed by atoms with Gasteiger partial charge in [-0.1, -0.05) is 13.8 Å². The molecule has 1 aromatic heterocycles. The molecule has 2 rings (SSSR count). The van der Waals surface area contributed by atoms with Crippen molar-refractivity contribution in [2.24, 2.45) is 5.73 Å². The number of anilines is 2. The van der Waals surface area contributed by atoms with E-state index in [0.29, 0.717) is 18.5 Å². The summed E-state index contributed by atoms with van der Waals surface area (Å²) in [5.41, 5.74) is 6.00. The van der Waals surface area contributed by atoms with E-state index in [1.807, 2.05) is 26.0 Å². The van der Waals surface area contributed by atoms with E-state index in [1.165, 1.54) is 19.3 Å². The summed E-state index contributed by atoms with van der Waals surface area (Å²) < 4.78 is 0. The van der Waals surface area contributed by atoms with Gasteiger partial charge in [-0.2, -0.15) is 0 Å². The summed E-state index contributed by atoms with van der Waals surface area (Å²) in [4.78, 5) is 19.0. The van der Waals surface area contributed by atoms with Crippen molar-refractivity contribution >= 4 is 17.4 Å². The molecular weight excluding hydrogens is 264 g/mol. The summed E-state index contributed by atoms with van der Waals surface area (Å²) in [7, 11) is 0. The van der Waals surface area contributed by atoms with E-state index in [1.54, 1.807) is 6.20 Å². The summed E-state index contributed by atoms with van der Waals surface area (Å²) in [6, 6.07) is 3.87. The Morgan fingerprint density at radius 3 is 2.48 bits per heavy atom. The molecule has 21 heavy (non-hydrogen) atoms. The summed E-state index contributed by atoms with van der Waals surface area (Å²) in [6.45, 7) is 5.99. The van der Waals surface area contributed by atoms with Gasteiger partial charge in [0.15, 0.2) is 0 Å². The molecule has 5 nitrogen and oxygen atoms in total. The molecule has 0 spiro atoms. The number of amides is 1. The van der Waals surface area contributed by atoms with E-state index in [9.17, 15) is 4.79 Å². The third kappa shape index (κ3) is 3.73. The number of hydrogen-bond acceptors (Lipinski definition) is 4. The fourth-order valence-electron chi connectivity index (χ4n) is 2.60. The van der Waals surface area contributed by atoms with Crippen molar-refractivity contribution < 1.29 is 4.79 Å². The highest BCUT2D eigenvalue weighted by Crippen LogP contribution is 2.20. The Hall–Kier alpha value is -1.62. The van der Waals surface area contributed by atoms with Crippen molar-refractivity contribution in [1.29, 1.82) is 0 Å². The quantitative estimate of drug-likeness (QED) is 0.874. The average Bonchev–Trinajstić information content (AvgIpc) is 2.55. The highest BCUT2D eigenvalue weighted by atomic mass is 16.2. The number of hydrogen-bond donors (Lipinski definition) is 2. The van der Waals surface area contributed by atoms with E-state index >= 15 is 0 Å². The summed E-state index contributed by atoms with van der Waals surface area (Å²) in [5.74, 6) is 0.845. The van der Waals surface area contributed by atoms with Crippen LogP contribution in [-0.4, -0.2) is 29.5 Å². The number of nitrogens with zero attached hydrogens (tertiary/aromatic N) is 2. The Bertz CT molecular complexity index is 462. The number of aromatic nitrogens is 1. The molecule has 116 valence electrons. The van der Waals surface area contributed by atoms with Gasteiger partial charge in [-0.25, -0.2) is 4.98 Å². The van der Waals surface area contributed by atoms with Crippen LogP contribution in [-0.2, 0) is 4.79 Å². The number of carbonyl (C=O) groups excluding carboxylic acids is 1. The fourth-order valence-corrected chi connectivity index (χ4v) is 2.60. The molecular formula is C16H26N4O. The zero-order valence-electron chi connectivity index (χ0n) is 13.1. The maximum Gasteiger partial charge on any atom is 0.244 e. The third-order valence-corrected chi connectivity index (χ3v) is 4.40. The molecule has 0 bridgehead atoms. The van der Waals surface area contributed by atoms with Gasteiger partial charge < -0.3 is 16.0 Å². The van der Waals surface area contributed by atoms with E-state index in [0.717, 1.165) is 18.9 Å². The Morgan fingerprint density at radius 1 is 1.29 bits per heavy atom. The summed E-state index contributed by atoms with van der Waals surface area (Å²) >= 11 is 0. The summed E-state index contributed by atoms with van der Waals surface area (Å²) in [6.07, 6.45) is 6.71. The van der Waals surface area contributed by atoms with Crippen LogP contribution in [0.1, 0.15) is 46.0 Å². The monoisotopic (exact) mass is 290 g/mol. The lowest BCUT2D eigenvalue weighted by Gasteiger charge is -2.28. The van der Waals surface area contributed by atoms with E-state index < -0.39 is 5.54 Å². The third-order valence-electron chi connectivity index (χ3n) is 4.40. The summed E-state index contributed by atoms with van der Waals surface area (Å²) in [5, 5.41) is 2.87. The molecule has 1 amide bonds. The maximum atomic E-state index is 12.2. The molecule has 1 fully saturated rings. The Morgan fingerprint density at radius 2 is 1.95 bits per heavy atom. The van der Waals surface area contributed by atoms with Crippen molar-refractivity contribution in [2.75, 3.05) is 23.3 Å². The lowest BCUT2D eigenvalue weighted by Crippen LogP contribution is -2.50. The zero-order chi connectivity index (χ0) is 15.3. The predicted octanol–water partition coefficient (Wildman–Crippen LogP) is 2.53. The largest absolute Gasteiger partial charge is 0.357 e. The highest BCUT2D eigenvalue weighted by molar-refractivity contribution is 5.97. The topological polar surface area (TPSA) is 71.2 Å². The van der Waals surface area contributed by atoms with Gasteiger partial charge in [0.1, 0.15) is 5.82 Å². The molecule has 1 saturated heterocycles. The standard InChI is InChI=1S/C16H26N4O/c1-3-16(17,4-2)15(21)19-13-8-9-14(18-12-13)20-10-6-5-7-11-20/h8-9,12H,3-7,10-11,17H2,1-2H3,(H,19,21). The van der Waals surface area contributed by atoms with E-state index in [-0.39, 0.29) is 5.91 Å². The highest BCUT2D eigenvalue weighted by Gasteiger charge is 2.29. The number of rotatable bonds is 5. The molecule has 5 heteroatoms. The van der Waals surface area contributed by atoms with Gasteiger partial charge in [-0.15, -0.1) is 0 Å². The molecule has 2 heterocycles. The van der Waals surface area contributed by atoms with Crippen molar-refractivity contribution in [2.45, 2.75) is 51.5 Å². The number of nitrogens with two attached hydrogens (primary N) is 1. The van der Waals surface area contributed by atoms with Crippen LogP contribution in [0.15, 0.2) is 18.3 Å². The first-order chi connectivity index (χ1) is 10.1. The van der Waals surface area contributed by atoms with Gasteiger partial charge in [0, 0.05) is 13.1 Å². The predicted molar refractivity (Wildman–Crippen MR) is 86.4 cm³/mol. The van der Waals surface area contributed by atoms with Gasteiger partial charge in [-0.05, 0) is 44.2 Å². The molecule has 0 radical (unpaired) electrons. The van der Waals surface area contributed by atoms with Crippen LogP contribution in [0.2, 0.25) is 0 Å². The van der Waals surface area contributed by atoms with Crippen molar-refractivity contribution in [3.05, 3.63) is 18.3 Å². The van der Waals surface area contributed by atoms with Crippen LogP contribution >= 0.6 is 0 Å². The molecule has 1 aliphatic rings. The van der Waals surface area contributed by atoms with Gasteiger partial charge >= 0.3 is 0 Å². The van der Waals surface area contributed by atoms with E-state index in [4.69, 9.17) is 5.73 Å². The molecule has 3 N–H and O–H groups in total. The number of piperidine rings is 1. The van der Waals surface area contributed by atoms with Crippen LogP contribution in [0.3, 0.4) is 0 Å². The van der Waals surface area contributed by atoms with Crippen LogP contribution < -0.4 is 16.0 Å². The first-order valence-corrected chi connectivity index (χ1v) is 7.90. The second-order valence-corrected chi connectivity index (χ2v) is 5.77. The Kier molecular flexibility index (Phi) is 5.17. The van der Waals surface area contributed by atoms with Crippen LogP contribution in [0.5, 0.6) is 0 Å². The lowest BCUT2D eigenvalue weighted by molar-refractivity contribution is -0.121. The molecule has 0 aromatic carbocycles. The van der Waals surface area contributed by atoms with E-state index in [2.05, 4.69) is 15.2 Å². The first-order valence-electron chi connectivity index (χ1n) is 7.90. The van der Waals surface area contributed by atoms with Gasteiger partial charge in [0.2, 0.25) is 5.91 Å². The van der Waals surface area contributed by atoms with Gasteiger partial charge in [0.05, 0.1) is 17.4 Å². The molecule has 1 aromatic rings. The molecule has 1 aliphatic heterocycles. The molecule has 0 saturated carbocycles. The van der Waals surface area contributed by atoms with Crippen molar-refractivity contribution in [3.8, 4) is 0 Å². The minimum Gasteiger partial charge on any atom is -0.357 e. The minimum atomic E-state index is -0.800. The second kappa shape index (κ2) is 6.89. The van der Waals surface area contributed by atoms with Crippen LogP contribution in [0, 0.1) is 0 Å². The maximum absolute atomic E-state index is 12.2. The lowest BCUT2D eigenvalue weighted by atomic mass is 9.93. The number of pyridine rings is 1. The number of nitrogens with one attached hydrogen (secondary N) is 1. The fraction of sp³-hybridized carbons (Fsp3) is 0.625. The Balaban J connectivity index is 2.00. The zero-order valence-corrected chi connectivity index (χ0v) is 13.1. The normalized spacial score (nSPS) is 15.9. The van der Waals surface area contributed by atoms with Gasteiger partial charge in [0.25, 0.3) is 0 Å². The smallest absolute Gasteiger partial charge is 0.244 e. The molecule has 0 atom stereocenters. The van der Waals surface area contributed by atoms with Crippen molar-refractivity contribution in [3.63, 3.8) is 0 Å². The minimum absolute atomic E-state index is 0.139. The number of carbonyl (C=O) groups is 1. The SMILES string of the molecule is CCC(N)(CC)C(=O)Nc1ccc(N2CCCCC2)nc1. The molecule has 0 aliphatic carbocycles. The van der Waals surface area contributed by atoms with Gasteiger partial charge in [-0.3, -0.25) is 4.79 Å². The van der Waals surface area contributed by atoms with Crippen LogP contribution in [0.25, 0.3) is 0 Å². The van der Waals surface area contributed by atoms with Crippen LogP contribution in [0.4, 0.5) is 11.5 Å².